The summed E-state index contributed by atoms with van der Waals surface area (Å²) < 4.78 is 34.1. The number of ether oxygens (including phenoxy) is 1. The molecule has 0 aliphatic heterocycles. The minimum Gasteiger partial charge on any atom is -0.494 e. The van der Waals surface area contributed by atoms with Crippen molar-refractivity contribution < 1.29 is 13.5 Å². The van der Waals surface area contributed by atoms with Crippen LogP contribution in [0, 0.1) is 18.6 Å². The number of nitrogens with zero attached hydrogens (tertiary/aromatic N) is 1. The van der Waals surface area contributed by atoms with Crippen molar-refractivity contribution in [1.29, 1.82) is 0 Å². The van der Waals surface area contributed by atoms with Crippen molar-refractivity contribution in [1.82, 2.24) is 9.78 Å². The molecule has 1 heterocycles. The summed E-state index contributed by atoms with van der Waals surface area (Å²) in [5.41, 5.74) is 1.01. The lowest BCUT2D eigenvalue weighted by molar-refractivity contribution is 0.370. The third-order valence-electron chi connectivity index (χ3n) is 3.52. The van der Waals surface area contributed by atoms with Gasteiger partial charge in [0.05, 0.1) is 7.11 Å². The maximum atomic E-state index is 14.0. The van der Waals surface area contributed by atoms with Gasteiger partial charge in [-0.15, -0.1) is 0 Å². The van der Waals surface area contributed by atoms with Gasteiger partial charge in [0.25, 0.3) is 5.56 Å². The Kier molecular flexibility index (Phi) is 4.16. The summed E-state index contributed by atoms with van der Waals surface area (Å²) in [5, 5.41) is 2.71. The van der Waals surface area contributed by atoms with Gasteiger partial charge in [0.2, 0.25) is 5.82 Å². The Balaban J connectivity index is 2.44. The first-order valence-corrected chi connectivity index (χ1v) is 6.67. The highest BCUT2D eigenvalue weighted by Crippen LogP contribution is 2.24. The number of rotatable bonds is 4. The molecule has 2 rings (SSSR count). The van der Waals surface area contributed by atoms with Crippen LogP contribution in [0.25, 0.3) is 0 Å². The molecule has 0 saturated carbocycles. The molecule has 0 atom stereocenters. The first-order chi connectivity index (χ1) is 9.86. The lowest BCUT2D eigenvalue weighted by Gasteiger charge is -2.10. The third-order valence-corrected chi connectivity index (χ3v) is 3.52. The fourth-order valence-electron chi connectivity index (χ4n) is 2.35. The average Bonchev–Trinajstić information content (AvgIpc) is 2.72. The second-order valence-corrected chi connectivity index (χ2v) is 5.20. The van der Waals surface area contributed by atoms with Gasteiger partial charge in [-0.2, -0.15) is 4.39 Å². The van der Waals surface area contributed by atoms with Crippen LogP contribution < -0.4 is 10.3 Å². The van der Waals surface area contributed by atoms with Gasteiger partial charge in [-0.05, 0) is 32.4 Å². The highest BCUT2D eigenvalue weighted by molar-refractivity contribution is 5.35. The first-order valence-electron chi connectivity index (χ1n) is 6.67. The van der Waals surface area contributed by atoms with E-state index in [0.29, 0.717) is 5.56 Å². The molecule has 6 heteroatoms. The van der Waals surface area contributed by atoms with Crippen molar-refractivity contribution in [3.8, 4) is 5.75 Å². The van der Waals surface area contributed by atoms with E-state index in [0.717, 1.165) is 5.69 Å². The van der Waals surface area contributed by atoms with Gasteiger partial charge in [-0.25, -0.2) is 4.39 Å². The van der Waals surface area contributed by atoms with E-state index in [1.165, 1.54) is 19.2 Å². The molecule has 0 aliphatic rings. The Labute approximate surface area is 121 Å². The molecule has 21 heavy (non-hydrogen) atoms. The van der Waals surface area contributed by atoms with Crippen LogP contribution in [0.2, 0.25) is 0 Å². The van der Waals surface area contributed by atoms with Crippen molar-refractivity contribution in [2.75, 3.05) is 7.11 Å². The molecule has 0 bridgehead atoms. The summed E-state index contributed by atoms with van der Waals surface area (Å²) in [6, 6.07) is 2.88. The third kappa shape index (κ3) is 2.70. The number of halogens is 2. The Morgan fingerprint density at radius 1 is 1.29 bits per heavy atom. The summed E-state index contributed by atoms with van der Waals surface area (Å²) in [6.45, 7) is 5.64. The zero-order valence-corrected chi connectivity index (χ0v) is 12.5. The van der Waals surface area contributed by atoms with Crippen molar-refractivity contribution in [3.63, 3.8) is 0 Å². The summed E-state index contributed by atoms with van der Waals surface area (Å²) in [7, 11) is 1.27. The fraction of sp³-hybridized carbons (Fsp3) is 0.400. The van der Waals surface area contributed by atoms with Gasteiger partial charge in [-0.1, -0.05) is 6.07 Å². The maximum absolute atomic E-state index is 14.0. The topological polar surface area (TPSA) is 47.0 Å². The number of hydrogen-bond donors (Lipinski definition) is 1. The van der Waals surface area contributed by atoms with Crippen LogP contribution in [0.5, 0.6) is 5.75 Å². The van der Waals surface area contributed by atoms with Gasteiger partial charge >= 0.3 is 0 Å². The van der Waals surface area contributed by atoms with Gasteiger partial charge in [0.1, 0.15) is 0 Å². The quantitative estimate of drug-likeness (QED) is 0.943. The molecule has 0 spiro atoms. The summed E-state index contributed by atoms with van der Waals surface area (Å²) in [5.74, 6) is -2.17. The van der Waals surface area contributed by atoms with Crippen LogP contribution in [0.1, 0.15) is 36.7 Å². The summed E-state index contributed by atoms with van der Waals surface area (Å²) in [6.07, 6.45) is 0.0354. The first kappa shape index (κ1) is 15.3. The molecule has 1 aromatic heterocycles. The number of H-pyrrole nitrogens is 1. The lowest BCUT2D eigenvalue weighted by atomic mass is 10.0. The van der Waals surface area contributed by atoms with Crippen LogP contribution in [-0.2, 0) is 6.42 Å². The molecule has 1 aromatic carbocycles. The number of benzene rings is 1. The molecule has 114 valence electrons. The number of aromatic amines is 1. The van der Waals surface area contributed by atoms with E-state index in [-0.39, 0.29) is 29.3 Å². The van der Waals surface area contributed by atoms with Crippen molar-refractivity contribution in [2.24, 2.45) is 0 Å². The predicted octanol–water partition coefficient (Wildman–Crippen LogP) is 2.94. The van der Waals surface area contributed by atoms with E-state index < -0.39 is 11.6 Å². The maximum Gasteiger partial charge on any atom is 0.267 e. The zero-order valence-electron chi connectivity index (χ0n) is 12.5. The molecule has 0 fully saturated rings. The molecule has 0 amide bonds. The molecule has 0 radical (unpaired) electrons. The summed E-state index contributed by atoms with van der Waals surface area (Å²) >= 11 is 0. The van der Waals surface area contributed by atoms with Crippen LogP contribution in [0.3, 0.4) is 0 Å². The Morgan fingerprint density at radius 2 is 1.95 bits per heavy atom. The van der Waals surface area contributed by atoms with Crippen LogP contribution in [0.15, 0.2) is 16.9 Å². The fourth-order valence-corrected chi connectivity index (χ4v) is 2.35. The molecular weight excluding hydrogens is 278 g/mol. The average molecular weight is 296 g/mol. The van der Waals surface area contributed by atoms with Crippen molar-refractivity contribution in [2.45, 2.75) is 33.2 Å². The van der Waals surface area contributed by atoms with Crippen LogP contribution in [0.4, 0.5) is 8.78 Å². The van der Waals surface area contributed by atoms with Gasteiger partial charge in [0, 0.05) is 23.7 Å². The second kappa shape index (κ2) is 5.71. The number of methoxy groups -OCH3 is 1. The molecule has 0 aliphatic carbocycles. The van der Waals surface area contributed by atoms with E-state index in [1.807, 2.05) is 13.8 Å². The number of aromatic nitrogens is 2. The van der Waals surface area contributed by atoms with Gasteiger partial charge in [-0.3, -0.25) is 14.6 Å². The molecule has 1 N–H and O–H groups in total. The van der Waals surface area contributed by atoms with Gasteiger partial charge < -0.3 is 4.74 Å². The zero-order chi connectivity index (χ0) is 15.7. The highest BCUT2D eigenvalue weighted by Gasteiger charge is 2.18. The predicted molar refractivity (Wildman–Crippen MR) is 75.9 cm³/mol. The normalized spacial score (nSPS) is 11.2. The van der Waals surface area contributed by atoms with Crippen LogP contribution >= 0.6 is 0 Å². The molecule has 0 unspecified atom stereocenters. The Hall–Kier alpha value is -2.11. The van der Waals surface area contributed by atoms with E-state index in [2.05, 4.69) is 5.10 Å². The standard InChI is InChI=1S/C15H18F2N2O2/c1-8(2)19-9(3)11(15(20)18-19)7-10-5-6-12(21-4)14(17)13(10)16/h5-6,8H,7H2,1-4H3,(H,18,20). The Morgan fingerprint density at radius 3 is 2.48 bits per heavy atom. The minimum absolute atomic E-state index is 0.0354. The van der Waals surface area contributed by atoms with E-state index >= 15 is 0 Å². The summed E-state index contributed by atoms with van der Waals surface area (Å²) in [4.78, 5) is 12.0. The van der Waals surface area contributed by atoms with E-state index in [4.69, 9.17) is 4.74 Å². The monoisotopic (exact) mass is 296 g/mol. The van der Waals surface area contributed by atoms with E-state index in [9.17, 15) is 13.6 Å². The largest absolute Gasteiger partial charge is 0.494 e. The SMILES string of the molecule is COc1ccc(Cc2c(C)n(C(C)C)[nH]c2=O)c(F)c1F. The van der Waals surface area contributed by atoms with Gasteiger partial charge in [0.15, 0.2) is 11.6 Å². The number of nitrogens with one attached hydrogen (secondary N) is 1. The number of hydrogen-bond acceptors (Lipinski definition) is 2. The molecule has 2 aromatic rings. The molecule has 0 saturated heterocycles. The lowest BCUT2D eigenvalue weighted by Crippen LogP contribution is -2.10. The minimum atomic E-state index is -1.03. The van der Waals surface area contributed by atoms with Crippen molar-refractivity contribution >= 4 is 0 Å². The van der Waals surface area contributed by atoms with Crippen molar-refractivity contribution in [3.05, 3.63) is 50.9 Å². The van der Waals surface area contributed by atoms with Crippen LogP contribution in [-0.4, -0.2) is 16.9 Å². The second-order valence-electron chi connectivity index (χ2n) is 5.20. The molecular formula is C15H18F2N2O2. The highest BCUT2D eigenvalue weighted by atomic mass is 19.2. The smallest absolute Gasteiger partial charge is 0.267 e. The van der Waals surface area contributed by atoms with E-state index in [1.54, 1.807) is 11.6 Å². The molecule has 4 nitrogen and oxygen atoms in total. The Bertz CT molecular complexity index is 717.